The summed E-state index contributed by atoms with van der Waals surface area (Å²) in [7, 11) is 3.61. The van der Waals surface area contributed by atoms with E-state index in [1.165, 1.54) is 5.69 Å². The second kappa shape index (κ2) is 9.19. The molecule has 7 rings (SSSR count). The maximum atomic E-state index is 12.6. The van der Waals surface area contributed by atoms with Gasteiger partial charge in [-0.15, -0.1) is 10.2 Å². The molecule has 11 nitrogen and oxygen atoms in total. The van der Waals surface area contributed by atoms with E-state index in [9.17, 15) is 9.59 Å². The van der Waals surface area contributed by atoms with Gasteiger partial charge in [-0.1, -0.05) is 24.3 Å². The molecule has 1 aliphatic carbocycles. The lowest BCUT2D eigenvalue weighted by Crippen LogP contribution is -2.31. The Bertz CT molecular complexity index is 1500. The first-order valence-electron chi connectivity index (χ1n) is 13.4. The van der Waals surface area contributed by atoms with Gasteiger partial charge in [-0.3, -0.25) is 14.3 Å². The van der Waals surface area contributed by atoms with Crippen LogP contribution >= 0.6 is 0 Å². The minimum atomic E-state index is -0.369. The van der Waals surface area contributed by atoms with Crippen LogP contribution in [-0.4, -0.2) is 58.1 Å². The molecule has 3 aliphatic heterocycles. The first kappa shape index (κ1) is 23.8. The van der Waals surface area contributed by atoms with Gasteiger partial charge in [0.1, 0.15) is 0 Å². The summed E-state index contributed by atoms with van der Waals surface area (Å²) in [5, 5.41) is 21.9. The highest BCUT2D eigenvalue weighted by Gasteiger charge is 2.35. The molecule has 2 unspecified atom stereocenters. The average Bonchev–Trinajstić information content (AvgIpc) is 3.63. The molecule has 4 aliphatic rings. The van der Waals surface area contributed by atoms with E-state index in [1.54, 1.807) is 13.1 Å². The fraction of sp³-hybridized carbons (Fsp3) is 0.393. The molecule has 3 aromatic rings. The van der Waals surface area contributed by atoms with Crippen LogP contribution in [0.4, 0.5) is 22.9 Å². The van der Waals surface area contributed by atoms with Crippen molar-refractivity contribution in [2.75, 3.05) is 29.6 Å². The van der Waals surface area contributed by atoms with Crippen LogP contribution in [0.3, 0.4) is 0 Å². The molecule has 3 N–H and O–H groups in total. The van der Waals surface area contributed by atoms with E-state index >= 15 is 0 Å². The van der Waals surface area contributed by atoms with Crippen LogP contribution in [0.15, 0.2) is 42.6 Å². The van der Waals surface area contributed by atoms with Gasteiger partial charge >= 0.3 is 0 Å². The molecular weight excluding hydrogens is 496 g/mol. The Hall–Kier alpha value is -4.25. The lowest BCUT2D eigenvalue weighted by atomic mass is 9.96. The molecule has 0 radical (unpaired) electrons. The van der Waals surface area contributed by atoms with Crippen molar-refractivity contribution < 1.29 is 14.3 Å². The lowest BCUT2D eigenvalue weighted by Gasteiger charge is -2.34. The molecule has 200 valence electrons. The quantitative estimate of drug-likeness (QED) is 0.417. The van der Waals surface area contributed by atoms with Gasteiger partial charge in [0.05, 0.1) is 53.7 Å². The van der Waals surface area contributed by atoms with E-state index in [4.69, 9.17) is 9.84 Å². The molecule has 1 saturated carbocycles. The fourth-order valence-corrected chi connectivity index (χ4v) is 5.88. The number of fused-ring (bicyclic) bond motifs is 5. The Morgan fingerprint density at radius 1 is 1.05 bits per heavy atom. The standard InChI is InChI=1S/C28H30N8O3/c1-29-28(38)25-22(12-24(33-34-25)32-27(37)15-6-7-15)31-21-5-3-4-19-20-13-30-36(23(20)14-35(2)26(19)21)16-10-17-8-9-18(11-16)39-17/h3-5,8-9,12-13,15-18H,6-7,10-11,14H2,1-2H3,(H,29,38)(H2,31,32,33,37). The summed E-state index contributed by atoms with van der Waals surface area (Å²) in [4.78, 5) is 27.1. The van der Waals surface area contributed by atoms with E-state index < -0.39 is 0 Å². The largest absolute Gasteiger partial charge is 0.367 e. The van der Waals surface area contributed by atoms with E-state index in [1.807, 2.05) is 18.3 Å². The third kappa shape index (κ3) is 4.22. The van der Waals surface area contributed by atoms with Crippen molar-refractivity contribution in [3.05, 3.63) is 54.0 Å². The Kier molecular flexibility index (Phi) is 5.62. The summed E-state index contributed by atoms with van der Waals surface area (Å²) in [6, 6.07) is 8.03. The Morgan fingerprint density at radius 2 is 1.85 bits per heavy atom. The zero-order valence-electron chi connectivity index (χ0n) is 21.8. The van der Waals surface area contributed by atoms with Gasteiger partial charge in [-0.2, -0.15) is 5.10 Å². The van der Waals surface area contributed by atoms with Gasteiger partial charge < -0.3 is 25.6 Å². The van der Waals surface area contributed by atoms with Crippen LogP contribution in [0.25, 0.3) is 11.1 Å². The molecule has 39 heavy (non-hydrogen) atoms. The molecule has 2 fully saturated rings. The minimum Gasteiger partial charge on any atom is -0.367 e. The number of ether oxygens (including phenoxy) is 1. The number of para-hydroxylation sites is 1. The minimum absolute atomic E-state index is 0.0271. The summed E-state index contributed by atoms with van der Waals surface area (Å²) in [5.74, 6) is -0.104. The van der Waals surface area contributed by atoms with Crippen molar-refractivity contribution in [2.45, 2.75) is 50.5 Å². The number of nitrogens with zero attached hydrogens (tertiary/aromatic N) is 5. The number of hydrogen-bond donors (Lipinski definition) is 3. The van der Waals surface area contributed by atoms with E-state index in [2.05, 4.69) is 61.0 Å². The van der Waals surface area contributed by atoms with Gasteiger partial charge in [0, 0.05) is 37.2 Å². The summed E-state index contributed by atoms with van der Waals surface area (Å²) in [6.07, 6.45) is 10.3. The number of amides is 2. The number of nitrogens with one attached hydrogen (secondary N) is 3. The summed E-state index contributed by atoms with van der Waals surface area (Å²) in [5.41, 5.74) is 5.79. The Morgan fingerprint density at radius 3 is 2.59 bits per heavy atom. The van der Waals surface area contributed by atoms with Crippen molar-refractivity contribution in [2.24, 2.45) is 5.92 Å². The number of anilines is 4. The molecule has 2 atom stereocenters. The molecule has 5 heterocycles. The average molecular weight is 527 g/mol. The van der Waals surface area contributed by atoms with Gasteiger partial charge in [0.15, 0.2) is 11.5 Å². The summed E-state index contributed by atoms with van der Waals surface area (Å²) >= 11 is 0. The maximum Gasteiger partial charge on any atom is 0.273 e. The van der Waals surface area contributed by atoms with Crippen molar-refractivity contribution in [1.29, 1.82) is 0 Å². The first-order chi connectivity index (χ1) is 19.0. The van der Waals surface area contributed by atoms with Crippen LogP contribution in [0.1, 0.15) is 47.9 Å². The van der Waals surface area contributed by atoms with Crippen LogP contribution in [-0.2, 0) is 16.1 Å². The second-order valence-corrected chi connectivity index (χ2v) is 10.7. The molecular formula is C28H30N8O3. The molecule has 1 saturated heterocycles. The highest BCUT2D eigenvalue weighted by molar-refractivity contribution is 6.01. The van der Waals surface area contributed by atoms with E-state index in [0.717, 1.165) is 48.2 Å². The highest BCUT2D eigenvalue weighted by Crippen LogP contribution is 2.45. The number of carbonyl (C=O) groups is 2. The first-order valence-corrected chi connectivity index (χ1v) is 13.4. The molecule has 2 amide bonds. The van der Waals surface area contributed by atoms with Crippen molar-refractivity contribution >= 4 is 34.7 Å². The van der Waals surface area contributed by atoms with Gasteiger partial charge in [-0.05, 0) is 31.7 Å². The van der Waals surface area contributed by atoms with Crippen LogP contribution < -0.4 is 20.9 Å². The highest BCUT2D eigenvalue weighted by atomic mass is 16.5. The molecule has 2 bridgehead atoms. The molecule has 11 heteroatoms. The fourth-order valence-electron chi connectivity index (χ4n) is 5.88. The zero-order chi connectivity index (χ0) is 26.7. The summed E-state index contributed by atoms with van der Waals surface area (Å²) in [6.45, 7) is 0.695. The van der Waals surface area contributed by atoms with Crippen LogP contribution in [0, 0.1) is 5.92 Å². The monoisotopic (exact) mass is 526 g/mol. The van der Waals surface area contributed by atoms with E-state index in [-0.39, 0.29) is 35.6 Å². The third-order valence-corrected chi connectivity index (χ3v) is 7.94. The third-order valence-electron chi connectivity index (χ3n) is 7.94. The smallest absolute Gasteiger partial charge is 0.273 e. The number of hydrogen-bond acceptors (Lipinski definition) is 8. The maximum absolute atomic E-state index is 12.6. The van der Waals surface area contributed by atoms with Crippen molar-refractivity contribution in [3.8, 4) is 11.1 Å². The topological polar surface area (TPSA) is 126 Å². The number of rotatable bonds is 6. The molecule has 1 aromatic carbocycles. The lowest BCUT2D eigenvalue weighted by molar-refractivity contribution is -0.117. The van der Waals surface area contributed by atoms with Crippen LogP contribution in [0.2, 0.25) is 0 Å². The predicted molar refractivity (Wildman–Crippen MR) is 146 cm³/mol. The van der Waals surface area contributed by atoms with E-state index in [0.29, 0.717) is 24.1 Å². The summed E-state index contributed by atoms with van der Waals surface area (Å²) < 4.78 is 8.16. The molecule has 0 spiro atoms. The number of aromatic nitrogens is 4. The van der Waals surface area contributed by atoms with Crippen molar-refractivity contribution in [3.63, 3.8) is 0 Å². The Labute approximate surface area is 225 Å². The number of carbonyl (C=O) groups excluding carboxylic acids is 2. The van der Waals surface area contributed by atoms with Gasteiger partial charge in [0.2, 0.25) is 5.91 Å². The SMILES string of the molecule is CNC(=O)c1nnc(NC(=O)C2CC2)cc1Nc1cccc2c1N(C)Cc1c-2cnn1C1CC2C=CC(C1)O2. The number of benzene rings is 1. The zero-order valence-corrected chi connectivity index (χ0v) is 21.8. The van der Waals surface area contributed by atoms with Gasteiger partial charge in [0.25, 0.3) is 5.91 Å². The second-order valence-electron chi connectivity index (χ2n) is 10.7. The predicted octanol–water partition coefficient (Wildman–Crippen LogP) is 3.40. The van der Waals surface area contributed by atoms with Crippen molar-refractivity contribution in [1.82, 2.24) is 25.3 Å². The van der Waals surface area contributed by atoms with Gasteiger partial charge in [-0.25, -0.2) is 0 Å². The Balaban J connectivity index is 1.23. The molecule has 2 aromatic heterocycles. The van der Waals surface area contributed by atoms with Crippen LogP contribution in [0.5, 0.6) is 0 Å². The normalized spacial score (nSPS) is 22.7.